The van der Waals surface area contributed by atoms with E-state index in [1.807, 2.05) is 6.92 Å². The lowest BCUT2D eigenvalue weighted by Gasteiger charge is -2.32. The fraction of sp³-hybridized carbons (Fsp3) is 0.667. The van der Waals surface area contributed by atoms with Crippen molar-refractivity contribution in [1.82, 2.24) is 9.62 Å². The predicted molar refractivity (Wildman–Crippen MR) is 113 cm³/mol. The first kappa shape index (κ1) is 21.1. The second-order valence-corrected chi connectivity index (χ2v) is 10.4. The molecule has 0 aliphatic carbocycles. The van der Waals surface area contributed by atoms with Gasteiger partial charge in [-0.1, -0.05) is 19.1 Å². The van der Waals surface area contributed by atoms with Crippen LogP contribution in [-0.4, -0.2) is 51.1 Å². The summed E-state index contributed by atoms with van der Waals surface area (Å²) in [6, 6.07) is 8.45. The van der Waals surface area contributed by atoms with Gasteiger partial charge in [0.15, 0.2) is 0 Å². The van der Waals surface area contributed by atoms with E-state index < -0.39 is 10.0 Å². The number of amides is 1. The van der Waals surface area contributed by atoms with Crippen molar-refractivity contribution in [2.75, 3.05) is 37.3 Å². The number of rotatable bonds is 5. The van der Waals surface area contributed by atoms with E-state index in [9.17, 15) is 13.2 Å². The molecular weight excluding hydrogens is 374 g/mol. The Morgan fingerprint density at radius 3 is 2.14 bits per heavy atom. The van der Waals surface area contributed by atoms with Crippen molar-refractivity contribution in [3.05, 3.63) is 29.8 Å². The van der Waals surface area contributed by atoms with E-state index in [1.54, 1.807) is 0 Å². The smallest absolute Gasteiger partial charge is 0.223 e. The van der Waals surface area contributed by atoms with E-state index in [1.165, 1.54) is 29.1 Å². The molecule has 0 aromatic heterocycles. The minimum Gasteiger partial charge on any atom is -0.372 e. The molecule has 1 N–H and O–H groups in total. The van der Waals surface area contributed by atoms with Crippen LogP contribution in [0.2, 0.25) is 0 Å². The maximum atomic E-state index is 12.6. The summed E-state index contributed by atoms with van der Waals surface area (Å²) in [5, 5.41) is 3.10. The summed E-state index contributed by atoms with van der Waals surface area (Å²) in [4.78, 5) is 15.0. The topological polar surface area (TPSA) is 69.7 Å². The van der Waals surface area contributed by atoms with Crippen LogP contribution in [0.4, 0.5) is 5.69 Å². The van der Waals surface area contributed by atoms with Crippen LogP contribution in [0.5, 0.6) is 0 Å². The average molecular weight is 408 g/mol. The maximum absolute atomic E-state index is 12.6. The number of hydrogen-bond acceptors (Lipinski definition) is 4. The molecule has 0 bridgehead atoms. The van der Waals surface area contributed by atoms with Crippen LogP contribution < -0.4 is 10.2 Å². The number of benzene rings is 1. The van der Waals surface area contributed by atoms with Gasteiger partial charge in [-0.15, -0.1) is 0 Å². The summed E-state index contributed by atoms with van der Waals surface area (Å²) in [5.74, 6) is 0.722. The lowest BCUT2D eigenvalue weighted by Crippen LogP contribution is -2.43. The van der Waals surface area contributed by atoms with Crippen molar-refractivity contribution < 1.29 is 13.2 Å². The van der Waals surface area contributed by atoms with Gasteiger partial charge in [0.1, 0.15) is 0 Å². The van der Waals surface area contributed by atoms with E-state index in [2.05, 4.69) is 41.4 Å². The molecule has 3 rings (SSSR count). The van der Waals surface area contributed by atoms with Gasteiger partial charge in [-0.05, 0) is 56.2 Å². The van der Waals surface area contributed by atoms with Gasteiger partial charge in [0, 0.05) is 37.8 Å². The number of hydrogen-bond donors (Lipinski definition) is 1. The zero-order valence-electron chi connectivity index (χ0n) is 17.2. The lowest BCUT2D eigenvalue weighted by atomic mass is 9.96. The summed E-state index contributed by atoms with van der Waals surface area (Å²) in [7, 11) is -3.16. The molecule has 0 saturated carbocycles. The van der Waals surface area contributed by atoms with Gasteiger partial charge in [0.25, 0.3) is 0 Å². The molecular formula is C21H33N3O3S. The second-order valence-electron chi connectivity index (χ2n) is 8.43. The van der Waals surface area contributed by atoms with E-state index in [4.69, 9.17) is 0 Å². The van der Waals surface area contributed by atoms with E-state index >= 15 is 0 Å². The highest BCUT2D eigenvalue weighted by molar-refractivity contribution is 7.88. The SMILES string of the molecule is CC1CCN(c2ccc(C(C)NC(=O)C3CCN(S(C)(=O)=O)CC3)cc2)CC1. The zero-order valence-corrected chi connectivity index (χ0v) is 18.0. The second kappa shape index (κ2) is 8.82. The number of nitrogens with zero attached hydrogens (tertiary/aromatic N) is 2. The van der Waals surface area contributed by atoms with Gasteiger partial charge in [-0.25, -0.2) is 12.7 Å². The van der Waals surface area contributed by atoms with Crippen molar-refractivity contribution in [3.63, 3.8) is 0 Å². The Balaban J connectivity index is 1.52. The molecule has 1 atom stereocenters. The van der Waals surface area contributed by atoms with Gasteiger partial charge >= 0.3 is 0 Å². The van der Waals surface area contributed by atoms with Crippen LogP contribution >= 0.6 is 0 Å². The van der Waals surface area contributed by atoms with Crippen LogP contribution in [0.3, 0.4) is 0 Å². The minimum atomic E-state index is -3.16. The molecule has 1 unspecified atom stereocenters. The highest BCUT2D eigenvalue weighted by atomic mass is 32.2. The molecule has 156 valence electrons. The standard InChI is InChI=1S/C21H33N3O3S/c1-16-8-12-23(13-9-16)20-6-4-18(5-7-20)17(2)22-21(25)19-10-14-24(15-11-19)28(3,26)27/h4-7,16-17,19H,8-15H2,1-3H3,(H,22,25). The molecule has 1 amide bonds. The first-order valence-corrected chi connectivity index (χ1v) is 12.2. The summed E-state index contributed by atoms with van der Waals surface area (Å²) in [6.45, 7) is 7.39. The Morgan fingerprint density at radius 1 is 1.04 bits per heavy atom. The maximum Gasteiger partial charge on any atom is 0.223 e. The monoisotopic (exact) mass is 407 g/mol. The molecule has 6 nitrogen and oxygen atoms in total. The highest BCUT2D eigenvalue weighted by Crippen LogP contribution is 2.25. The van der Waals surface area contributed by atoms with Crippen molar-refractivity contribution >= 4 is 21.6 Å². The quantitative estimate of drug-likeness (QED) is 0.815. The Hall–Kier alpha value is -1.60. The number of piperidine rings is 2. The molecule has 1 aromatic carbocycles. The molecule has 7 heteroatoms. The average Bonchev–Trinajstić information content (AvgIpc) is 2.68. The molecule has 0 radical (unpaired) electrons. The Bertz CT molecular complexity index is 763. The predicted octanol–water partition coefficient (Wildman–Crippen LogP) is 2.77. The van der Waals surface area contributed by atoms with Gasteiger partial charge in [0.2, 0.25) is 15.9 Å². The summed E-state index contributed by atoms with van der Waals surface area (Å²) in [5.41, 5.74) is 2.35. The fourth-order valence-electron chi connectivity index (χ4n) is 4.10. The highest BCUT2D eigenvalue weighted by Gasteiger charge is 2.29. The third-order valence-electron chi connectivity index (χ3n) is 6.19. The summed E-state index contributed by atoms with van der Waals surface area (Å²) >= 11 is 0. The molecule has 28 heavy (non-hydrogen) atoms. The summed E-state index contributed by atoms with van der Waals surface area (Å²) in [6.07, 6.45) is 4.87. The number of carbonyl (C=O) groups is 1. The van der Waals surface area contributed by atoms with Gasteiger partial charge < -0.3 is 10.2 Å². The minimum absolute atomic E-state index is 0.0229. The zero-order chi connectivity index (χ0) is 20.3. The molecule has 2 fully saturated rings. The van der Waals surface area contributed by atoms with Gasteiger partial charge in [-0.2, -0.15) is 0 Å². The first-order valence-electron chi connectivity index (χ1n) is 10.3. The Kier molecular flexibility index (Phi) is 6.65. The van der Waals surface area contributed by atoms with E-state index in [-0.39, 0.29) is 17.9 Å². The van der Waals surface area contributed by atoms with E-state index in [0.717, 1.165) is 24.6 Å². The summed E-state index contributed by atoms with van der Waals surface area (Å²) < 4.78 is 24.7. The van der Waals surface area contributed by atoms with Crippen LogP contribution in [0.15, 0.2) is 24.3 Å². The van der Waals surface area contributed by atoms with E-state index in [0.29, 0.717) is 25.9 Å². The van der Waals surface area contributed by atoms with Crippen molar-refractivity contribution in [3.8, 4) is 0 Å². The van der Waals surface area contributed by atoms with Gasteiger partial charge in [0.05, 0.1) is 12.3 Å². The molecule has 2 saturated heterocycles. The van der Waals surface area contributed by atoms with Crippen molar-refractivity contribution in [1.29, 1.82) is 0 Å². The first-order chi connectivity index (χ1) is 13.2. The van der Waals surface area contributed by atoms with Crippen LogP contribution in [0, 0.1) is 11.8 Å². The van der Waals surface area contributed by atoms with Gasteiger partial charge in [-0.3, -0.25) is 4.79 Å². The largest absolute Gasteiger partial charge is 0.372 e. The molecule has 2 aliphatic heterocycles. The molecule has 2 heterocycles. The number of anilines is 1. The molecule has 2 aliphatic rings. The Labute approximate surface area is 169 Å². The molecule has 0 spiro atoms. The van der Waals surface area contributed by atoms with Crippen molar-refractivity contribution in [2.24, 2.45) is 11.8 Å². The third kappa shape index (κ3) is 5.26. The number of carbonyl (C=O) groups excluding carboxylic acids is 1. The van der Waals surface area contributed by atoms with Crippen molar-refractivity contribution in [2.45, 2.75) is 45.6 Å². The van der Waals surface area contributed by atoms with Crippen LogP contribution in [0.25, 0.3) is 0 Å². The number of sulfonamides is 1. The molecule has 1 aromatic rings. The number of nitrogens with one attached hydrogen (secondary N) is 1. The lowest BCUT2D eigenvalue weighted by molar-refractivity contribution is -0.126. The third-order valence-corrected chi connectivity index (χ3v) is 7.50. The van der Waals surface area contributed by atoms with Crippen LogP contribution in [0.1, 0.15) is 51.1 Å². The Morgan fingerprint density at radius 2 is 1.61 bits per heavy atom. The fourth-order valence-corrected chi connectivity index (χ4v) is 4.98. The van der Waals surface area contributed by atoms with Crippen LogP contribution in [-0.2, 0) is 14.8 Å². The normalized spacial score (nSPS) is 21.5.